The van der Waals surface area contributed by atoms with Crippen LogP contribution in [0.1, 0.15) is 62.3 Å². The third kappa shape index (κ3) is 5.62. The number of hydrogen-bond acceptors (Lipinski definition) is 8. The van der Waals surface area contributed by atoms with Crippen molar-refractivity contribution in [2.45, 2.75) is 71.9 Å². The predicted molar refractivity (Wildman–Crippen MR) is 102 cm³/mol. The van der Waals surface area contributed by atoms with E-state index in [1.807, 2.05) is 0 Å². The Kier molecular flexibility index (Phi) is 6.30. The van der Waals surface area contributed by atoms with Gasteiger partial charge in [-0.05, 0) is 47.1 Å². The van der Waals surface area contributed by atoms with E-state index in [4.69, 9.17) is 14.2 Å². The molecule has 1 unspecified atom stereocenters. The van der Waals surface area contributed by atoms with Crippen LogP contribution in [0.2, 0.25) is 0 Å². The van der Waals surface area contributed by atoms with Crippen molar-refractivity contribution in [2.75, 3.05) is 5.32 Å². The SMILES string of the molecule is CC(C)(C)OC(=O)C(=O)Nc1sc2c(c1C(=O)OC(C)(C)C)CC(C=O)OC2. The summed E-state index contributed by atoms with van der Waals surface area (Å²) in [4.78, 5) is 48.9. The van der Waals surface area contributed by atoms with Gasteiger partial charge in [-0.15, -0.1) is 11.3 Å². The lowest BCUT2D eigenvalue weighted by Gasteiger charge is -2.22. The van der Waals surface area contributed by atoms with Crippen LogP contribution in [0.3, 0.4) is 0 Å². The van der Waals surface area contributed by atoms with Gasteiger partial charge in [0.1, 0.15) is 28.6 Å². The molecule has 154 valence electrons. The van der Waals surface area contributed by atoms with Gasteiger partial charge in [0.05, 0.1) is 12.2 Å². The molecule has 2 heterocycles. The highest BCUT2D eigenvalue weighted by atomic mass is 32.1. The maximum atomic E-state index is 12.8. The fourth-order valence-electron chi connectivity index (χ4n) is 2.49. The summed E-state index contributed by atoms with van der Waals surface area (Å²) < 4.78 is 15.9. The van der Waals surface area contributed by atoms with E-state index in [1.54, 1.807) is 41.5 Å². The molecule has 0 radical (unpaired) electrons. The largest absolute Gasteiger partial charge is 0.456 e. The van der Waals surface area contributed by atoms with Crippen molar-refractivity contribution >= 4 is 40.5 Å². The van der Waals surface area contributed by atoms with Crippen LogP contribution in [0.15, 0.2) is 0 Å². The van der Waals surface area contributed by atoms with Crippen LogP contribution in [-0.2, 0) is 41.6 Å². The summed E-state index contributed by atoms with van der Waals surface area (Å²) in [5.41, 5.74) is -0.862. The van der Waals surface area contributed by atoms with Crippen LogP contribution >= 0.6 is 11.3 Å². The number of carbonyl (C=O) groups is 4. The standard InChI is InChI=1S/C19H25NO7S/c1-18(2,3)26-16(23)13-11-7-10(8-21)25-9-12(11)28-15(13)20-14(22)17(24)27-19(4,5)6/h8,10H,7,9H2,1-6H3,(H,20,22). The second-order valence-electron chi connectivity index (χ2n) is 8.36. The minimum atomic E-state index is -1.06. The number of rotatable bonds is 3. The van der Waals surface area contributed by atoms with Crippen molar-refractivity contribution in [3.8, 4) is 0 Å². The summed E-state index contributed by atoms with van der Waals surface area (Å²) in [6.07, 6.45) is 0.169. The first kappa shape index (κ1) is 22.0. The molecule has 8 nitrogen and oxygen atoms in total. The first-order valence-corrected chi connectivity index (χ1v) is 9.61. The number of hydrogen-bond donors (Lipinski definition) is 1. The van der Waals surface area contributed by atoms with Crippen LogP contribution in [0.4, 0.5) is 5.00 Å². The van der Waals surface area contributed by atoms with Crippen molar-refractivity contribution in [1.29, 1.82) is 0 Å². The zero-order chi connectivity index (χ0) is 21.3. The number of ether oxygens (including phenoxy) is 3. The molecule has 0 saturated carbocycles. The monoisotopic (exact) mass is 411 g/mol. The van der Waals surface area contributed by atoms with Crippen molar-refractivity contribution in [1.82, 2.24) is 0 Å². The molecule has 1 aliphatic rings. The molecule has 1 aromatic heterocycles. The summed E-state index contributed by atoms with van der Waals surface area (Å²) in [5, 5.41) is 2.62. The van der Waals surface area contributed by atoms with Gasteiger partial charge in [0, 0.05) is 11.3 Å². The van der Waals surface area contributed by atoms with Gasteiger partial charge in [-0.25, -0.2) is 9.59 Å². The number of aldehydes is 1. The number of esters is 2. The van der Waals surface area contributed by atoms with Gasteiger partial charge in [-0.2, -0.15) is 0 Å². The fourth-order valence-corrected chi connectivity index (χ4v) is 3.62. The van der Waals surface area contributed by atoms with Crippen LogP contribution in [0.25, 0.3) is 0 Å². The molecule has 0 aliphatic carbocycles. The van der Waals surface area contributed by atoms with Crippen LogP contribution in [-0.4, -0.2) is 41.4 Å². The molecule has 0 bridgehead atoms. The van der Waals surface area contributed by atoms with Crippen LogP contribution in [0, 0.1) is 0 Å². The van der Waals surface area contributed by atoms with Gasteiger partial charge in [0.25, 0.3) is 0 Å². The summed E-state index contributed by atoms with van der Waals surface area (Å²) in [7, 11) is 0. The normalized spacial score (nSPS) is 16.7. The van der Waals surface area contributed by atoms with Crippen LogP contribution < -0.4 is 5.32 Å². The number of anilines is 1. The van der Waals surface area contributed by atoms with E-state index in [9.17, 15) is 19.2 Å². The Morgan fingerprint density at radius 1 is 1.11 bits per heavy atom. The van der Waals surface area contributed by atoms with E-state index in [2.05, 4.69) is 5.32 Å². The lowest BCUT2D eigenvalue weighted by atomic mass is 10.0. The first-order chi connectivity index (χ1) is 12.8. The quantitative estimate of drug-likeness (QED) is 0.463. The molecular formula is C19H25NO7S. The smallest absolute Gasteiger partial charge is 0.397 e. The fraction of sp³-hybridized carbons (Fsp3) is 0.579. The second-order valence-corrected chi connectivity index (χ2v) is 9.46. The molecule has 28 heavy (non-hydrogen) atoms. The summed E-state index contributed by atoms with van der Waals surface area (Å²) >= 11 is 1.11. The van der Waals surface area contributed by atoms with E-state index in [0.717, 1.165) is 11.3 Å². The molecule has 0 aromatic carbocycles. The van der Waals surface area contributed by atoms with Gasteiger partial charge in [0.2, 0.25) is 0 Å². The van der Waals surface area contributed by atoms with Crippen molar-refractivity contribution < 1.29 is 33.4 Å². The average molecular weight is 411 g/mol. The number of thiophene rings is 1. The summed E-state index contributed by atoms with van der Waals surface area (Å²) in [5.74, 6) is -2.70. The second kappa shape index (κ2) is 8.00. The Hall–Kier alpha value is -2.26. The molecule has 9 heteroatoms. The molecule has 2 rings (SSSR count). The van der Waals surface area contributed by atoms with Gasteiger partial charge in [0.15, 0.2) is 0 Å². The van der Waals surface area contributed by atoms with Crippen molar-refractivity contribution in [3.05, 3.63) is 16.0 Å². The molecular weight excluding hydrogens is 386 g/mol. The molecule has 0 spiro atoms. The van der Waals surface area contributed by atoms with Crippen molar-refractivity contribution in [2.24, 2.45) is 0 Å². The summed E-state index contributed by atoms with van der Waals surface area (Å²) in [6, 6.07) is 0. The van der Waals surface area contributed by atoms with E-state index in [1.165, 1.54) is 0 Å². The highest BCUT2D eigenvalue weighted by Gasteiger charge is 2.34. The van der Waals surface area contributed by atoms with E-state index >= 15 is 0 Å². The molecule has 1 atom stereocenters. The average Bonchev–Trinajstić information content (AvgIpc) is 2.88. The first-order valence-electron chi connectivity index (χ1n) is 8.80. The molecule has 1 amide bonds. The molecule has 1 aromatic rings. The number of carbonyl (C=O) groups excluding carboxylic acids is 4. The molecule has 1 aliphatic heterocycles. The van der Waals surface area contributed by atoms with E-state index in [0.29, 0.717) is 16.7 Å². The van der Waals surface area contributed by atoms with Crippen molar-refractivity contribution in [3.63, 3.8) is 0 Å². The summed E-state index contributed by atoms with van der Waals surface area (Å²) in [6.45, 7) is 10.2. The highest BCUT2D eigenvalue weighted by Crippen LogP contribution is 2.38. The molecule has 0 fully saturated rings. The van der Waals surface area contributed by atoms with Gasteiger partial charge in [-0.3, -0.25) is 4.79 Å². The zero-order valence-corrected chi connectivity index (χ0v) is 17.7. The van der Waals surface area contributed by atoms with Gasteiger partial charge >= 0.3 is 17.8 Å². The Morgan fingerprint density at radius 2 is 1.71 bits per heavy atom. The number of amides is 1. The Labute approximate surface area is 167 Å². The minimum Gasteiger partial charge on any atom is -0.456 e. The highest BCUT2D eigenvalue weighted by molar-refractivity contribution is 7.17. The Morgan fingerprint density at radius 3 is 2.25 bits per heavy atom. The minimum absolute atomic E-state index is 0.127. The van der Waals surface area contributed by atoms with E-state index in [-0.39, 0.29) is 23.6 Å². The topological polar surface area (TPSA) is 108 Å². The lowest BCUT2D eigenvalue weighted by Crippen LogP contribution is -2.33. The van der Waals surface area contributed by atoms with Gasteiger partial charge < -0.3 is 24.3 Å². The predicted octanol–water partition coefficient (Wildman–Crippen LogP) is 2.62. The lowest BCUT2D eigenvalue weighted by molar-refractivity contribution is -0.161. The number of fused-ring (bicyclic) bond motifs is 1. The Bertz CT molecular complexity index is 798. The Balaban J connectivity index is 2.37. The third-order valence-electron chi connectivity index (χ3n) is 3.49. The van der Waals surface area contributed by atoms with Gasteiger partial charge in [-0.1, -0.05) is 0 Å². The number of nitrogens with one attached hydrogen (secondary N) is 1. The maximum absolute atomic E-state index is 12.8. The molecule has 0 saturated heterocycles. The maximum Gasteiger partial charge on any atom is 0.397 e. The molecule has 1 N–H and O–H groups in total. The van der Waals surface area contributed by atoms with Crippen LogP contribution in [0.5, 0.6) is 0 Å². The zero-order valence-electron chi connectivity index (χ0n) is 16.8. The third-order valence-corrected chi connectivity index (χ3v) is 4.61. The van der Waals surface area contributed by atoms with E-state index < -0.39 is 35.2 Å².